The minimum atomic E-state index is -3.43. The first-order valence-corrected chi connectivity index (χ1v) is 9.30. The summed E-state index contributed by atoms with van der Waals surface area (Å²) in [6.45, 7) is 0. The van der Waals surface area contributed by atoms with E-state index in [2.05, 4.69) is 0 Å². The van der Waals surface area contributed by atoms with Crippen molar-refractivity contribution in [3.63, 3.8) is 0 Å². The molecule has 0 amide bonds. The van der Waals surface area contributed by atoms with Crippen molar-refractivity contribution in [1.82, 2.24) is 0 Å². The molecule has 0 fully saturated rings. The fourth-order valence-corrected chi connectivity index (χ4v) is 3.64. The molecule has 2 aromatic rings. The molecular formula is C13H10N2O7S2. The average molecular weight is 370 g/mol. The highest BCUT2D eigenvalue weighted by Crippen LogP contribution is 2.30. The van der Waals surface area contributed by atoms with E-state index in [1.54, 1.807) is 0 Å². The first kappa shape index (κ1) is 17.7. The van der Waals surface area contributed by atoms with Gasteiger partial charge in [-0.25, -0.2) is 12.6 Å². The first-order chi connectivity index (χ1) is 11.1. The van der Waals surface area contributed by atoms with E-state index in [1.807, 2.05) is 0 Å². The molecular weight excluding hydrogens is 360 g/mol. The second-order valence-corrected chi connectivity index (χ2v) is 8.14. The zero-order chi connectivity index (χ0) is 18.1. The van der Waals surface area contributed by atoms with Gasteiger partial charge in [-0.05, 0) is 30.3 Å². The van der Waals surface area contributed by atoms with Gasteiger partial charge in [0.1, 0.15) is 4.90 Å². The molecule has 0 aromatic heterocycles. The van der Waals surface area contributed by atoms with Crippen LogP contribution >= 0.6 is 0 Å². The fourth-order valence-electron chi connectivity index (χ4n) is 1.86. The maximum atomic E-state index is 12.5. The number of nitro groups is 2. The van der Waals surface area contributed by atoms with Gasteiger partial charge in [0.15, 0.2) is 9.84 Å². The van der Waals surface area contributed by atoms with Gasteiger partial charge in [-0.1, -0.05) is 0 Å². The van der Waals surface area contributed by atoms with Gasteiger partial charge in [-0.3, -0.25) is 20.2 Å². The summed E-state index contributed by atoms with van der Waals surface area (Å²) in [5, 5.41) is 21.8. The normalized spacial score (nSPS) is 12.5. The topological polar surface area (TPSA) is 137 Å². The van der Waals surface area contributed by atoms with E-state index in [0.29, 0.717) is 0 Å². The van der Waals surface area contributed by atoms with Crippen LogP contribution in [0.2, 0.25) is 0 Å². The summed E-state index contributed by atoms with van der Waals surface area (Å²) in [6, 6.07) is 7.83. The van der Waals surface area contributed by atoms with Crippen molar-refractivity contribution >= 4 is 32.0 Å². The molecule has 0 saturated carbocycles. The third-order valence-corrected chi connectivity index (χ3v) is 5.59. The molecule has 0 saturated heterocycles. The molecule has 0 heterocycles. The number of non-ortho nitro benzene ring substituents is 1. The molecule has 2 aromatic carbocycles. The van der Waals surface area contributed by atoms with Crippen molar-refractivity contribution in [3.8, 4) is 0 Å². The van der Waals surface area contributed by atoms with E-state index in [4.69, 9.17) is 0 Å². The Kier molecular flexibility index (Phi) is 4.76. The molecule has 1 atom stereocenters. The molecule has 11 heteroatoms. The minimum Gasteiger partial charge on any atom is -0.258 e. The maximum absolute atomic E-state index is 12.5. The predicted octanol–water partition coefficient (Wildman–Crippen LogP) is 2.07. The largest absolute Gasteiger partial charge is 0.292 e. The Hall–Kier alpha value is -2.66. The summed E-state index contributed by atoms with van der Waals surface area (Å²) < 4.78 is 35.3. The maximum Gasteiger partial charge on any atom is 0.292 e. The first-order valence-electron chi connectivity index (χ1n) is 6.26. The Balaban J connectivity index is 2.50. The number of rotatable bonds is 5. The standard InChI is InChI=1S/C13H10N2O7S2/c1-24(21,22)11-5-3-10(4-6-11)23(20)13-7-2-9(14(16)17)8-12(13)15(18)19/h2-8H,1H3/t23-/m0/s1. The summed E-state index contributed by atoms with van der Waals surface area (Å²) in [5.74, 6) is 0. The monoisotopic (exact) mass is 370 g/mol. The summed E-state index contributed by atoms with van der Waals surface area (Å²) in [4.78, 5) is 20.1. The highest BCUT2D eigenvalue weighted by atomic mass is 32.2. The van der Waals surface area contributed by atoms with Crippen molar-refractivity contribution < 1.29 is 22.5 Å². The summed E-state index contributed by atoms with van der Waals surface area (Å²) in [7, 11) is -5.42. The number of hydrogen-bond acceptors (Lipinski definition) is 7. The van der Waals surface area contributed by atoms with E-state index in [0.717, 1.165) is 24.5 Å². The van der Waals surface area contributed by atoms with Gasteiger partial charge in [-0.15, -0.1) is 0 Å². The lowest BCUT2D eigenvalue weighted by atomic mass is 10.3. The molecule has 126 valence electrons. The molecule has 0 aliphatic heterocycles. The van der Waals surface area contributed by atoms with Crippen LogP contribution in [0, 0.1) is 20.2 Å². The minimum absolute atomic E-state index is 0.0152. The van der Waals surface area contributed by atoms with Crippen molar-refractivity contribution in [2.24, 2.45) is 0 Å². The SMILES string of the molecule is CS(=O)(=O)c1ccc([S@](=O)c2ccc([N+](=O)[O-])cc2[N+](=O)[O-])cc1. The Morgan fingerprint density at radius 2 is 1.54 bits per heavy atom. The average Bonchev–Trinajstić information content (AvgIpc) is 2.52. The number of hydrogen-bond donors (Lipinski definition) is 0. The van der Waals surface area contributed by atoms with Crippen molar-refractivity contribution in [2.45, 2.75) is 14.7 Å². The Bertz CT molecular complexity index is 953. The molecule has 0 aliphatic carbocycles. The summed E-state index contributed by atoms with van der Waals surface area (Å²) in [6.07, 6.45) is 1.01. The fraction of sp³-hybridized carbons (Fsp3) is 0.0769. The van der Waals surface area contributed by atoms with Crippen LogP contribution in [0.1, 0.15) is 0 Å². The van der Waals surface area contributed by atoms with Crippen LogP contribution < -0.4 is 0 Å². The Labute approximate surface area is 138 Å². The number of nitro benzene ring substituents is 2. The molecule has 0 aliphatic rings. The highest BCUT2D eigenvalue weighted by Gasteiger charge is 2.24. The van der Waals surface area contributed by atoms with Crippen molar-refractivity contribution in [2.75, 3.05) is 6.26 Å². The van der Waals surface area contributed by atoms with Crippen LogP contribution in [0.3, 0.4) is 0 Å². The Morgan fingerprint density at radius 1 is 0.958 bits per heavy atom. The van der Waals surface area contributed by atoms with Crippen molar-refractivity contribution in [1.29, 1.82) is 0 Å². The summed E-state index contributed by atoms with van der Waals surface area (Å²) in [5.41, 5.74) is -1.13. The van der Waals surface area contributed by atoms with Crippen LogP contribution in [0.15, 0.2) is 57.2 Å². The third-order valence-electron chi connectivity index (χ3n) is 3.02. The lowest BCUT2D eigenvalue weighted by Crippen LogP contribution is -2.02. The van der Waals surface area contributed by atoms with Gasteiger partial charge >= 0.3 is 0 Å². The van der Waals surface area contributed by atoms with Crippen LogP contribution in [0.4, 0.5) is 11.4 Å². The van der Waals surface area contributed by atoms with E-state index < -0.39 is 41.9 Å². The third kappa shape index (κ3) is 3.63. The van der Waals surface area contributed by atoms with E-state index in [-0.39, 0.29) is 14.7 Å². The molecule has 0 N–H and O–H groups in total. The van der Waals surface area contributed by atoms with E-state index in [9.17, 15) is 32.9 Å². The second-order valence-electron chi connectivity index (χ2n) is 4.68. The second kappa shape index (κ2) is 6.45. The molecule has 0 unspecified atom stereocenters. The zero-order valence-electron chi connectivity index (χ0n) is 12.1. The number of benzene rings is 2. The smallest absolute Gasteiger partial charge is 0.258 e. The Morgan fingerprint density at radius 3 is 2.00 bits per heavy atom. The predicted molar refractivity (Wildman–Crippen MR) is 84.0 cm³/mol. The van der Waals surface area contributed by atoms with Gasteiger partial charge in [0, 0.05) is 17.2 Å². The van der Waals surface area contributed by atoms with E-state index >= 15 is 0 Å². The molecule has 2 rings (SSSR count). The van der Waals surface area contributed by atoms with Gasteiger partial charge < -0.3 is 0 Å². The highest BCUT2D eigenvalue weighted by molar-refractivity contribution is 7.90. The number of nitrogens with zero attached hydrogens (tertiary/aromatic N) is 2. The summed E-state index contributed by atoms with van der Waals surface area (Å²) >= 11 is 0. The van der Waals surface area contributed by atoms with Crippen LogP contribution in [-0.2, 0) is 20.6 Å². The van der Waals surface area contributed by atoms with Gasteiger partial charge in [0.05, 0.1) is 31.6 Å². The lowest BCUT2D eigenvalue weighted by Gasteiger charge is -2.05. The molecule has 24 heavy (non-hydrogen) atoms. The van der Waals surface area contributed by atoms with Crippen LogP contribution in [0.25, 0.3) is 0 Å². The van der Waals surface area contributed by atoms with Gasteiger partial charge in [-0.2, -0.15) is 0 Å². The van der Waals surface area contributed by atoms with E-state index in [1.165, 1.54) is 24.3 Å². The van der Waals surface area contributed by atoms with Crippen LogP contribution in [-0.4, -0.2) is 28.7 Å². The van der Waals surface area contributed by atoms with Gasteiger partial charge in [0.2, 0.25) is 0 Å². The zero-order valence-corrected chi connectivity index (χ0v) is 13.7. The van der Waals surface area contributed by atoms with Gasteiger partial charge in [0.25, 0.3) is 11.4 Å². The molecule has 0 spiro atoms. The molecule has 9 nitrogen and oxygen atoms in total. The lowest BCUT2D eigenvalue weighted by molar-refractivity contribution is -0.396. The quantitative estimate of drug-likeness (QED) is 0.580. The molecule has 0 bridgehead atoms. The molecule has 0 radical (unpaired) electrons. The number of sulfone groups is 1. The van der Waals surface area contributed by atoms with Crippen LogP contribution in [0.5, 0.6) is 0 Å². The van der Waals surface area contributed by atoms with Crippen molar-refractivity contribution in [3.05, 3.63) is 62.7 Å².